The number of aliphatic hydroxyl groups excluding tert-OH is 1. The normalized spacial score (nSPS) is 22.6. The summed E-state index contributed by atoms with van der Waals surface area (Å²) in [5.74, 6) is -1.96. The van der Waals surface area contributed by atoms with Crippen LogP contribution < -0.4 is 10.6 Å². The van der Waals surface area contributed by atoms with Crippen LogP contribution >= 0.6 is 11.3 Å². The van der Waals surface area contributed by atoms with Crippen LogP contribution in [0.25, 0.3) is 10.4 Å². The van der Waals surface area contributed by atoms with Crippen molar-refractivity contribution in [2.45, 2.75) is 78.4 Å². The summed E-state index contributed by atoms with van der Waals surface area (Å²) in [7, 11) is 0. The highest BCUT2D eigenvalue weighted by molar-refractivity contribution is 7.13. The molecule has 0 radical (unpaired) electrons. The lowest BCUT2D eigenvalue weighted by atomic mass is 9.85. The fraction of sp³-hybridized carbons (Fsp3) is 0.536. The Balaban J connectivity index is 1.49. The summed E-state index contributed by atoms with van der Waals surface area (Å²) in [6.45, 7) is 8.78. The van der Waals surface area contributed by atoms with E-state index in [0.29, 0.717) is 12.8 Å². The molecule has 3 amide bonds. The van der Waals surface area contributed by atoms with Gasteiger partial charge in [-0.15, -0.1) is 11.3 Å². The first-order valence-corrected chi connectivity index (χ1v) is 13.8. The van der Waals surface area contributed by atoms with Crippen LogP contribution in [0.2, 0.25) is 0 Å². The number of hydrogen-bond donors (Lipinski definition) is 3. The lowest BCUT2D eigenvalue weighted by Crippen LogP contribution is -2.59. The lowest BCUT2D eigenvalue weighted by Gasteiger charge is -2.35. The third-order valence-electron chi connectivity index (χ3n) is 7.53. The van der Waals surface area contributed by atoms with Crippen LogP contribution in [0.15, 0.2) is 23.7 Å². The number of rotatable bonds is 7. The lowest BCUT2D eigenvalue weighted by molar-refractivity contribution is -0.145. The van der Waals surface area contributed by atoms with Gasteiger partial charge in [-0.1, -0.05) is 39.0 Å². The Morgan fingerprint density at radius 3 is 2.54 bits per heavy atom. The van der Waals surface area contributed by atoms with E-state index in [1.807, 2.05) is 38.1 Å². The summed E-state index contributed by atoms with van der Waals surface area (Å²) in [5, 5.41) is 25.0. The molecule has 208 valence electrons. The molecule has 2 heterocycles. The Bertz CT molecular complexity index is 1330. The molecule has 1 aliphatic carbocycles. The first kappa shape index (κ1) is 28.6. The molecule has 2 aromatic rings. The number of nitrogens with one attached hydrogen (secondary N) is 2. The number of benzene rings is 1. The van der Waals surface area contributed by atoms with E-state index in [4.69, 9.17) is 0 Å². The smallest absolute Gasteiger partial charge is 0.246 e. The average molecular weight is 556 g/mol. The van der Waals surface area contributed by atoms with Crippen LogP contribution in [0, 0.1) is 36.0 Å². The summed E-state index contributed by atoms with van der Waals surface area (Å²) < 4.78 is 15.1. The summed E-state index contributed by atoms with van der Waals surface area (Å²) >= 11 is 1.54. The van der Waals surface area contributed by atoms with Crippen LogP contribution in [-0.2, 0) is 20.9 Å². The molecule has 1 aliphatic heterocycles. The molecule has 11 heteroatoms. The number of aryl methyl sites for hydroxylation is 2. The molecule has 2 fully saturated rings. The van der Waals surface area contributed by atoms with Gasteiger partial charge in [0.1, 0.15) is 23.6 Å². The van der Waals surface area contributed by atoms with Crippen LogP contribution in [-0.4, -0.2) is 63.6 Å². The van der Waals surface area contributed by atoms with Gasteiger partial charge in [0, 0.05) is 6.54 Å². The number of hydrogen-bond acceptors (Lipinski definition) is 7. The van der Waals surface area contributed by atoms with Gasteiger partial charge >= 0.3 is 0 Å². The van der Waals surface area contributed by atoms with E-state index in [-0.39, 0.29) is 13.1 Å². The highest BCUT2D eigenvalue weighted by Gasteiger charge is 2.54. The standard InChI is InChI=1S/C28H34FN5O4S/c1-15-10-17(22-16(2)32-14-39-22)6-7-18(15)11-31-24(36)21-20(29)19(35)12-34(21)25(37)23(27(3,4)5)33-26(38)28(13-30)8-9-28/h6-7,10,14,19-21,23,35H,8-9,11-12H2,1-5H3,(H,31,36)(H,33,38)/t19-,20-,21-,23+/m0/s1. The van der Waals surface area contributed by atoms with Crippen LogP contribution in [0.1, 0.15) is 50.4 Å². The molecule has 1 saturated heterocycles. The van der Waals surface area contributed by atoms with Gasteiger partial charge in [0.15, 0.2) is 6.17 Å². The maximum absolute atomic E-state index is 15.1. The van der Waals surface area contributed by atoms with Crippen molar-refractivity contribution >= 4 is 29.1 Å². The topological polar surface area (TPSA) is 135 Å². The highest BCUT2D eigenvalue weighted by Crippen LogP contribution is 2.45. The van der Waals surface area contributed by atoms with Gasteiger partial charge in [-0.3, -0.25) is 14.4 Å². The summed E-state index contributed by atoms with van der Waals surface area (Å²) in [4.78, 5) is 46.0. The second-order valence-electron chi connectivity index (χ2n) is 11.5. The number of aliphatic hydroxyl groups is 1. The van der Waals surface area contributed by atoms with E-state index in [9.17, 15) is 24.8 Å². The predicted octanol–water partition coefficient (Wildman–Crippen LogP) is 2.79. The van der Waals surface area contributed by atoms with Crippen LogP contribution in [0.5, 0.6) is 0 Å². The fourth-order valence-corrected chi connectivity index (χ4v) is 5.61. The molecule has 1 saturated carbocycles. The molecule has 1 aromatic carbocycles. The van der Waals surface area contributed by atoms with Crippen molar-refractivity contribution in [3.63, 3.8) is 0 Å². The zero-order valence-corrected chi connectivity index (χ0v) is 23.6. The fourth-order valence-electron chi connectivity index (χ4n) is 4.81. The minimum absolute atomic E-state index is 0.109. The molecule has 0 spiro atoms. The Morgan fingerprint density at radius 2 is 2.00 bits per heavy atom. The van der Waals surface area contributed by atoms with E-state index in [2.05, 4.69) is 15.6 Å². The van der Waals surface area contributed by atoms with Crippen molar-refractivity contribution in [1.82, 2.24) is 20.5 Å². The molecule has 39 heavy (non-hydrogen) atoms. The number of aromatic nitrogens is 1. The molecule has 4 rings (SSSR count). The first-order valence-electron chi connectivity index (χ1n) is 12.9. The Labute approximate surface area is 231 Å². The number of nitrogens with zero attached hydrogens (tertiary/aromatic N) is 3. The molecular weight excluding hydrogens is 521 g/mol. The second-order valence-corrected chi connectivity index (χ2v) is 12.4. The molecular formula is C28H34FN5O4S. The third-order valence-corrected chi connectivity index (χ3v) is 8.51. The molecule has 4 atom stereocenters. The molecule has 9 nitrogen and oxygen atoms in total. The number of carbonyl (C=O) groups is 3. The number of nitriles is 1. The summed E-state index contributed by atoms with van der Waals surface area (Å²) in [5.41, 5.74) is 3.54. The van der Waals surface area contributed by atoms with E-state index < -0.39 is 52.9 Å². The number of amides is 3. The highest BCUT2D eigenvalue weighted by atomic mass is 32.1. The number of likely N-dealkylation sites (tertiary alicyclic amines) is 1. The van der Waals surface area contributed by atoms with Crippen molar-refractivity contribution in [3.8, 4) is 16.5 Å². The zero-order valence-electron chi connectivity index (χ0n) is 22.7. The van der Waals surface area contributed by atoms with Gasteiger partial charge in [0.25, 0.3) is 0 Å². The molecule has 0 bridgehead atoms. The van der Waals surface area contributed by atoms with Crippen molar-refractivity contribution < 1.29 is 23.9 Å². The van der Waals surface area contributed by atoms with Gasteiger partial charge in [-0.05, 0) is 48.8 Å². The average Bonchev–Trinajstić information content (AvgIpc) is 3.48. The molecule has 1 aromatic heterocycles. The van der Waals surface area contributed by atoms with E-state index in [0.717, 1.165) is 32.2 Å². The quantitative estimate of drug-likeness (QED) is 0.481. The number of halogens is 1. The summed E-state index contributed by atoms with van der Waals surface area (Å²) in [6, 6.07) is 5.16. The van der Waals surface area contributed by atoms with Gasteiger partial charge in [0.2, 0.25) is 17.7 Å². The predicted molar refractivity (Wildman–Crippen MR) is 144 cm³/mol. The maximum Gasteiger partial charge on any atom is 0.246 e. The van der Waals surface area contributed by atoms with E-state index in [1.54, 1.807) is 37.6 Å². The van der Waals surface area contributed by atoms with Crippen LogP contribution in [0.3, 0.4) is 0 Å². The second kappa shape index (κ2) is 10.7. The number of carbonyl (C=O) groups excluding carboxylic acids is 3. The Hall–Kier alpha value is -3.36. The summed E-state index contributed by atoms with van der Waals surface area (Å²) in [6.07, 6.45) is -2.72. The minimum Gasteiger partial charge on any atom is -0.388 e. The largest absolute Gasteiger partial charge is 0.388 e. The van der Waals surface area contributed by atoms with Gasteiger partial charge in [-0.2, -0.15) is 5.26 Å². The van der Waals surface area contributed by atoms with E-state index >= 15 is 4.39 Å². The number of alkyl halides is 1. The van der Waals surface area contributed by atoms with Gasteiger partial charge in [-0.25, -0.2) is 9.37 Å². The van der Waals surface area contributed by atoms with Crippen molar-refractivity contribution in [2.24, 2.45) is 10.8 Å². The van der Waals surface area contributed by atoms with Gasteiger partial charge in [0.05, 0.1) is 28.7 Å². The van der Waals surface area contributed by atoms with Crippen molar-refractivity contribution in [2.75, 3.05) is 6.54 Å². The van der Waals surface area contributed by atoms with Crippen molar-refractivity contribution in [1.29, 1.82) is 5.26 Å². The van der Waals surface area contributed by atoms with Crippen LogP contribution in [0.4, 0.5) is 4.39 Å². The maximum atomic E-state index is 15.1. The zero-order chi connectivity index (χ0) is 28.7. The molecule has 3 N–H and O–H groups in total. The molecule has 2 aliphatic rings. The van der Waals surface area contributed by atoms with Crippen molar-refractivity contribution in [3.05, 3.63) is 40.5 Å². The SMILES string of the molecule is Cc1cc(-c2scnc2C)ccc1CNC(=O)[C@@H]1[C@@H](F)[C@@H](O)CN1C(=O)[C@@H](NC(=O)C1(C#N)CC1)C(C)(C)C. The number of β-amino-alcohol motifs (C(OH)–C–C–N with tert-alkyl or cyclic N) is 1. The molecule has 0 unspecified atom stereocenters. The number of thiazole rings is 1. The van der Waals surface area contributed by atoms with Gasteiger partial charge < -0.3 is 20.6 Å². The van der Waals surface area contributed by atoms with E-state index in [1.165, 1.54) is 0 Å². The Morgan fingerprint density at radius 1 is 1.31 bits per heavy atom. The minimum atomic E-state index is -1.99. The first-order chi connectivity index (χ1) is 18.3. The third kappa shape index (κ3) is 5.68. The Kier molecular flexibility index (Phi) is 7.83. The monoisotopic (exact) mass is 555 g/mol.